The molecule has 0 spiro atoms. The summed E-state index contributed by atoms with van der Waals surface area (Å²) in [7, 11) is 2.08. The van der Waals surface area contributed by atoms with Crippen LogP contribution in [-0.2, 0) is 0 Å². The summed E-state index contributed by atoms with van der Waals surface area (Å²) < 4.78 is 13.6. The molecule has 1 aromatic rings. The lowest BCUT2D eigenvalue weighted by Crippen LogP contribution is -2.27. The number of hydrogen-bond acceptors (Lipinski definition) is 4. The first-order valence-electron chi connectivity index (χ1n) is 6.80. The van der Waals surface area contributed by atoms with E-state index in [-0.39, 0.29) is 5.69 Å². The zero-order valence-corrected chi connectivity index (χ0v) is 12.2. The number of halogens is 1. The highest BCUT2D eigenvalue weighted by Gasteiger charge is 2.10. The average molecular weight is 283 g/mol. The Morgan fingerprint density at radius 1 is 1.40 bits per heavy atom. The van der Waals surface area contributed by atoms with Crippen LogP contribution in [0.3, 0.4) is 0 Å². The predicted molar refractivity (Wildman–Crippen MR) is 78.5 cm³/mol. The van der Waals surface area contributed by atoms with Crippen molar-refractivity contribution >= 4 is 11.4 Å². The quantitative estimate of drug-likeness (QED) is 0.452. The zero-order chi connectivity index (χ0) is 15.1. The van der Waals surface area contributed by atoms with Gasteiger partial charge in [-0.1, -0.05) is 0 Å². The molecule has 5 nitrogen and oxygen atoms in total. The number of benzene rings is 1. The third-order valence-corrected chi connectivity index (χ3v) is 3.30. The molecule has 0 atom stereocenters. The Morgan fingerprint density at radius 3 is 2.65 bits per heavy atom. The van der Waals surface area contributed by atoms with Gasteiger partial charge < -0.3 is 10.2 Å². The summed E-state index contributed by atoms with van der Waals surface area (Å²) in [6.45, 7) is 5.94. The molecule has 0 aliphatic rings. The normalized spacial score (nSPS) is 11.1. The van der Waals surface area contributed by atoms with Crippen LogP contribution in [0.5, 0.6) is 0 Å². The molecule has 0 bridgehead atoms. The standard InChI is InChI=1S/C14H22FN3O2/c1-11(2)17(3)9-5-4-8-16-14-7-6-12(18(19)20)10-13(14)15/h6-7,10-11,16H,4-5,8-9H2,1-3H3. The lowest BCUT2D eigenvalue weighted by molar-refractivity contribution is -0.385. The maximum Gasteiger partial charge on any atom is 0.272 e. The Bertz CT molecular complexity index is 452. The van der Waals surface area contributed by atoms with Crippen LogP contribution in [-0.4, -0.2) is 36.0 Å². The summed E-state index contributed by atoms with van der Waals surface area (Å²) in [5.74, 6) is -0.585. The van der Waals surface area contributed by atoms with Gasteiger partial charge in [-0.2, -0.15) is 0 Å². The van der Waals surface area contributed by atoms with Gasteiger partial charge in [-0.15, -0.1) is 0 Å². The van der Waals surface area contributed by atoms with Gasteiger partial charge in [-0.3, -0.25) is 10.1 Å². The molecular weight excluding hydrogens is 261 g/mol. The monoisotopic (exact) mass is 283 g/mol. The Balaban J connectivity index is 2.34. The third kappa shape index (κ3) is 5.13. The summed E-state index contributed by atoms with van der Waals surface area (Å²) in [6, 6.07) is 4.18. The number of nitro benzene ring substituents is 1. The fourth-order valence-electron chi connectivity index (χ4n) is 1.73. The maximum atomic E-state index is 13.6. The van der Waals surface area contributed by atoms with Crippen molar-refractivity contribution in [3.05, 3.63) is 34.1 Å². The molecule has 1 aromatic carbocycles. The van der Waals surface area contributed by atoms with Crippen molar-refractivity contribution < 1.29 is 9.31 Å². The fourth-order valence-corrected chi connectivity index (χ4v) is 1.73. The van der Waals surface area contributed by atoms with Crippen LogP contribution in [0, 0.1) is 15.9 Å². The van der Waals surface area contributed by atoms with Crippen LogP contribution < -0.4 is 5.32 Å². The molecule has 0 aliphatic heterocycles. The number of rotatable bonds is 8. The first-order chi connectivity index (χ1) is 9.41. The SMILES string of the molecule is CC(C)N(C)CCCCNc1ccc([N+](=O)[O-])cc1F. The largest absolute Gasteiger partial charge is 0.383 e. The minimum absolute atomic E-state index is 0.230. The predicted octanol–water partition coefficient (Wildman–Crippen LogP) is 3.27. The molecule has 1 N–H and O–H groups in total. The Labute approximate surface area is 118 Å². The van der Waals surface area contributed by atoms with Gasteiger partial charge >= 0.3 is 0 Å². The smallest absolute Gasteiger partial charge is 0.272 e. The number of unbranched alkanes of at least 4 members (excludes halogenated alkanes) is 1. The molecule has 0 saturated heterocycles. The van der Waals surface area contributed by atoms with Crippen molar-refractivity contribution in [1.82, 2.24) is 4.90 Å². The summed E-state index contributed by atoms with van der Waals surface area (Å²) >= 11 is 0. The summed E-state index contributed by atoms with van der Waals surface area (Å²) in [6.07, 6.45) is 1.95. The average Bonchev–Trinajstić information content (AvgIpc) is 2.39. The second kappa shape index (κ2) is 7.79. The number of nitro groups is 1. The van der Waals surface area contributed by atoms with Gasteiger partial charge in [0.15, 0.2) is 5.82 Å². The first-order valence-corrected chi connectivity index (χ1v) is 6.80. The number of nitrogens with one attached hydrogen (secondary N) is 1. The van der Waals surface area contributed by atoms with Crippen molar-refractivity contribution in [3.8, 4) is 0 Å². The van der Waals surface area contributed by atoms with Gasteiger partial charge in [-0.25, -0.2) is 4.39 Å². The van der Waals surface area contributed by atoms with Gasteiger partial charge in [0.05, 0.1) is 16.7 Å². The Hall–Kier alpha value is -1.69. The van der Waals surface area contributed by atoms with Crippen LogP contribution in [0.1, 0.15) is 26.7 Å². The van der Waals surface area contributed by atoms with Gasteiger partial charge in [0, 0.05) is 18.7 Å². The third-order valence-electron chi connectivity index (χ3n) is 3.30. The molecule has 0 heterocycles. The number of non-ortho nitro benzene ring substituents is 1. The van der Waals surface area contributed by atoms with Crippen LogP contribution in [0.2, 0.25) is 0 Å². The molecule has 20 heavy (non-hydrogen) atoms. The van der Waals surface area contributed by atoms with Crippen molar-refractivity contribution in [1.29, 1.82) is 0 Å². The van der Waals surface area contributed by atoms with E-state index < -0.39 is 10.7 Å². The fraction of sp³-hybridized carbons (Fsp3) is 0.571. The second-order valence-electron chi connectivity index (χ2n) is 5.13. The van der Waals surface area contributed by atoms with Crippen molar-refractivity contribution in [2.45, 2.75) is 32.7 Å². The van der Waals surface area contributed by atoms with Gasteiger partial charge in [0.1, 0.15) is 0 Å². The van der Waals surface area contributed by atoms with E-state index in [0.717, 1.165) is 25.5 Å². The van der Waals surface area contributed by atoms with E-state index in [1.54, 1.807) is 0 Å². The molecule has 0 aromatic heterocycles. The summed E-state index contributed by atoms with van der Waals surface area (Å²) in [4.78, 5) is 12.2. The van der Waals surface area contributed by atoms with E-state index in [1.807, 2.05) is 0 Å². The van der Waals surface area contributed by atoms with Crippen LogP contribution in [0.25, 0.3) is 0 Å². The molecule has 0 aliphatic carbocycles. The molecule has 0 saturated carbocycles. The van der Waals surface area contributed by atoms with Gasteiger partial charge in [-0.05, 0) is 46.3 Å². The van der Waals surface area contributed by atoms with Gasteiger partial charge in [0.2, 0.25) is 0 Å². The van der Waals surface area contributed by atoms with E-state index >= 15 is 0 Å². The van der Waals surface area contributed by atoms with E-state index in [0.29, 0.717) is 18.3 Å². The molecule has 0 fully saturated rings. The molecule has 0 radical (unpaired) electrons. The van der Waals surface area contributed by atoms with E-state index in [2.05, 4.69) is 31.1 Å². The van der Waals surface area contributed by atoms with Crippen molar-refractivity contribution in [2.24, 2.45) is 0 Å². The lowest BCUT2D eigenvalue weighted by atomic mass is 10.2. The highest BCUT2D eigenvalue weighted by Crippen LogP contribution is 2.20. The topological polar surface area (TPSA) is 58.4 Å². The maximum absolute atomic E-state index is 13.6. The summed E-state index contributed by atoms with van der Waals surface area (Å²) in [5, 5.41) is 13.5. The zero-order valence-electron chi connectivity index (χ0n) is 12.2. The highest BCUT2D eigenvalue weighted by molar-refractivity contribution is 5.49. The Morgan fingerprint density at radius 2 is 2.10 bits per heavy atom. The van der Waals surface area contributed by atoms with E-state index in [1.165, 1.54) is 12.1 Å². The van der Waals surface area contributed by atoms with E-state index in [9.17, 15) is 14.5 Å². The Kier molecular flexibility index (Phi) is 6.38. The summed E-state index contributed by atoms with van der Waals surface area (Å²) in [5.41, 5.74) is 0.0828. The van der Waals surface area contributed by atoms with Crippen LogP contribution >= 0.6 is 0 Å². The minimum Gasteiger partial charge on any atom is -0.383 e. The van der Waals surface area contributed by atoms with Gasteiger partial charge in [0.25, 0.3) is 5.69 Å². The van der Waals surface area contributed by atoms with Crippen molar-refractivity contribution in [3.63, 3.8) is 0 Å². The van der Waals surface area contributed by atoms with Crippen LogP contribution in [0.15, 0.2) is 18.2 Å². The minimum atomic E-state index is -0.603. The number of nitrogens with zero attached hydrogens (tertiary/aromatic N) is 2. The van der Waals surface area contributed by atoms with E-state index in [4.69, 9.17) is 0 Å². The van der Waals surface area contributed by atoms with Crippen LogP contribution in [0.4, 0.5) is 15.8 Å². The molecule has 112 valence electrons. The lowest BCUT2D eigenvalue weighted by Gasteiger charge is -2.20. The second-order valence-corrected chi connectivity index (χ2v) is 5.13. The highest BCUT2D eigenvalue weighted by atomic mass is 19.1. The first kappa shape index (κ1) is 16.4. The molecule has 6 heteroatoms. The number of anilines is 1. The van der Waals surface area contributed by atoms with Crippen molar-refractivity contribution in [2.75, 3.05) is 25.5 Å². The molecular formula is C14H22FN3O2. The molecule has 0 unspecified atom stereocenters. The molecule has 0 amide bonds. The number of hydrogen-bond donors (Lipinski definition) is 1. The molecule has 1 rings (SSSR count).